The van der Waals surface area contributed by atoms with Gasteiger partial charge in [0, 0.05) is 38.4 Å². The Bertz CT molecular complexity index is 4240. The first-order valence-electron chi connectivity index (χ1n) is 23.1. The molecule has 0 amide bonds. The van der Waals surface area contributed by atoms with Gasteiger partial charge in [-0.3, -0.25) is 4.57 Å². The summed E-state index contributed by atoms with van der Waals surface area (Å²) in [6.45, 7) is 0. The standard InChI is InChI=1S/C62H38N6O/c1-4-18-39(19-5-1)43-36-44(40-20-6-2-7-21-40)38-45(37-43)67-54-32-14-12-27-47(54)49-34-35-50-48-28-13-15-33-55(48)68(57(50)56(49)67)62-65-59(51-29-16-25-41-22-10-11-26-46(41)51)64-60(66-62)52-30-17-31-53-58(52)69-61(63-53)42-23-8-3-9-24-42/h1-38H. The Kier molecular flexibility index (Phi) is 8.75. The van der Waals surface area contributed by atoms with Crippen LogP contribution in [0, 0.1) is 0 Å². The Morgan fingerprint density at radius 3 is 1.51 bits per heavy atom. The molecule has 4 aromatic heterocycles. The quantitative estimate of drug-likeness (QED) is 0.159. The lowest BCUT2D eigenvalue weighted by molar-refractivity contribution is 0.620. The third-order valence-corrected chi connectivity index (χ3v) is 13.4. The summed E-state index contributed by atoms with van der Waals surface area (Å²) < 4.78 is 11.3. The van der Waals surface area contributed by atoms with Crippen LogP contribution in [0.5, 0.6) is 0 Å². The van der Waals surface area contributed by atoms with Crippen LogP contribution in [0.25, 0.3) is 134 Å². The molecule has 7 nitrogen and oxygen atoms in total. The lowest BCUT2D eigenvalue weighted by Gasteiger charge is -2.16. The van der Waals surface area contributed by atoms with E-state index in [9.17, 15) is 0 Å². The molecule has 0 unspecified atom stereocenters. The van der Waals surface area contributed by atoms with E-state index in [0.717, 1.165) is 105 Å². The third-order valence-electron chi connectivity index (χ3n) is 13.4. The maximum atomic E-state index is 6.64. The van der Waals surface area contributed by atoms with Crippen molar-refractivity contribution < 1.29 is 4.42 Å². The first-order valence-corrected chi connectivity index (χ1v) is 23.1. The zero-order valence-corrected chi connectivity index (χ0v) is 37.0. The average Bonchev–Trinajstić information content (AvgIpc) is 4.12. The largest absolute Gasteiger partial charge is 0.435 e. The number of nitrogens with zero attached hydrogens (tertiary/aromatic N) is 6. The van der Waals surface area contributed by atoms with E-state index in [0.29, 0.717) is 29.1 Å². The highest BCUT2D eigenvalue weighted by Crippen LogP contribution is 2.43. The van der Waals surface area contributed by atoms with Crippen molar-refractivity contribution in [3.8, 4) is 68.1 Å². The first kappa shape index (κ1) is 38.8. The van der Waals surface area contributed by atoms with E-state index in [1.54, 1.807) is 0 Å². The van der Waals surface area contributed by atoms with Crippen molar-refractivity contribution in [2.24, 2.45) is 0 Å². The van der Waals surface area contributed by atoms with Gasteiger partial charge in [0.15, 0.2) is 17.2 Å². The summed E-state index contributed by atoms with van der Waals surface area (Å²) >= 11 is 0. The second-order valence-electron chi connectivity index (χ2n) is 17.4. The normalized spacial score (nSPS) is 11.8. The monoisotopic (exact) mass is 882 g/mol. The molecule has 0 aliphatic carbocycles. The summed E-state index contributed by atoms with van der Waals surface area (Å²) in [5.41, 5.74) is 13.5. The van der Waals surface area contributed by atoms with Gasteiger partial charge in [0.05, 0.1) is 27.6 Å². The van der Waals surface area contributed by atoms with Gasteiger partial charge in [0.1, 0.15) is 5.52 Å². The molecule has 4 heterocycles. The van der Waals surface area contributed by atoms with Crippen LogP contribution in [0.15, 0.2) is 235 Å². The van der Waals surface area contributed by atoms with Gasteiger partial charge in [-0.15, -0.1) is 0 Å². The molecule has 14 aromatic rings. The summed E-state index contributed by atoms with van der Waals surface area (Å²) in [5, 5.41) is 6.59. The summed E-state index contributed by atoms with van der Waals surface area (Å²) in [6.07, 6.45) is 0. The number of fused-ring (bicyclic) bond motifs is 9. The maximum Gasteiger partial charge on any atom is 0.238 e. The number of aromatic nitrogens is 6. The van der Waals surface area contributed by atoms with E-state index >= 15 is 0 Å². The number of para-hydroxylation sites is 3. The SMILES string of the molecule is c1ccc(-c2cc(-c3ccccc3)cc(-n3c4ccccc4c4ccc5c6ccccc6n(-c6nc(-c7cccc8ccccc78)nc(-c7cccc8nc(-c9ccccc9)oc78)n6)c5c43)c2)cc1. The predicted octanol–water partition coefficient (Wildman–Crippen LogP) is 15.7. The Balaban J connectivity index is 1.11. The molecular formula is C62H38N6O. The topological polar surface area (TPSA) is 74.6 Å². The predicted molar refractivity (Wildman–Crippen MR) is 281 cm³/mol. The summed E-state index contributed by atoms with van der Waals surface area (Å²) in [5.74, 6) is 2.05. The molecule has 0 saturated carbocycles. The molecule has 0 bridgehead atoms. The van der Waals surface area contributed by atoms with E-state index in [1.165, 1.54) is 0 Å². The van der Waals surface area contributed by atoms with Crippen LogP contribution in [-0.2, 0) is 0 Å². The second-order valence-corrected chi connectivity index (χ2v) is 17.4. The molecule has 322 valence electrons. The first-order chi connectivity index (χ1) is 34.2. The van der Waals surface area contributed by atoms with Gasteiger partial charge in [0.2, 0.25) is 11.8 Å². The summed E-state index contributed by atoms with van der Waals surface area (Å²) in [7, 11) is 0. The Morgan fingerprint density at radius 1 is 0.333 bits per heavy atom. The molecule has 69 heavy (non-hydrogen) atoms. The summed E-state index contributed by atoms with van der Waals surface area (Å²) in [4.78, 5) is 21.3. The lowest BCUT2D eigenvalue weighted by atomic mass is 9.98. The minimum Gasteiger partial charge on any atom is -0.435 e. The van der Waals surface area contributed by atoms with Crippen molar-refractivity contribution in [1.82, 2.24) is 29.1 Å². The average molecular weight is 883 g/mol. The molecular weight excluding hydrogens is 845 g/mol. The van der Waals surface area contributed by atoms with E-state index < -0.39 is 0 Å². The molecule has 0 aliphatic heterocycles. The van der Waals surface area contributed by atoms with Crippen LogP contribution in [-0.4, -0.2) is 29.1 Å². The van der Waals surface area contributed by atoms with Crippen molar-refractivity contribution in [3.05, 3.63) is 231 Å². The molecule has 0 spiro atoms. The Morgan fingerprint density at radius 2 is 0.841 bits per heavy atom. The van der Waals surface area contributed by atoms with E-state index in [1.807, 2.05) is 48.5 Å². The highest BCUT2D eigenvalue weighted by Gasteiger charge is 2.25. The van der Waals surface area contributed by atoms with Gasteiger partial charge in [-0.1, -0.05) is 176 Å². The van der Waals surface area contributed by atoms with Crippen molar-refractivity contribution >= 4 is 65.5 Å². The van der Waals surface area contributed by atoms with Crippen molar-refractivity contribution in [2.45, 2.75) is 0 Å². The van der Waals surface area contributed by atoms with E-state index in [2.05, 4.69) is 191 Å². The van der Waals surface area contributed by atoms with Gasteiger partial charge in [-0.05, 0) is 87.6 Å². The van der Waals surface area contributed by atoms with Gasteiger partial charge in [-0.25, -0.2) is 9.97 Å². The smallest absolute Gasteiger partial charge is 0.238 e. The van der Waals surface area contributed by atoms with Crippen LogP contribution in [0.4, 0.5) is 0 Å². The molecule has 14 rings (SSSR count). The molecule has 0 saturated heterocycles. The Labute approximate surface area is 395 Å². The van der Waals surface area contributed by atoms with Gasteiger partial charge >= 0.3 is 0 Å². The Hall–Kier alpha value is -9.46. The summed E-state index contributed by atoms with van der Waals surface area (Å²) in [6, 6.07) is 80.7. The molecule has 0 fully saturated rings. The minimum absolute atomic E-state index is 0.478. The number of rotatable bonds is 7. The zero-order valence-electron chi connectivity index (χ0n) is 37.0. The van der Waals surface area contributed by atoms with Crippen LogP contribution < -0.4 is 0 Å². The molecule has 10 aromatic carbocycles. The van der Waals surface area contributed by atoms with Crippen LogP contribution in [0.3, 0.4) is 0 Å². The van der Waals surface area contributed by atoms with E-state index in [4.69, 9.17) is 24.4 Å². The van der Waals surface area contributed by atoms with Crippen LogP contribution in [0.1, 0.15) is 0 Å². The second kappa shape index (κ2) is 15.6. The highest BCUT2D eigenvalue weighted by atomic mass is 16.3. The zero-order chi connectivity index (χ0) is 45.4. The fraction of sp³-hybridized carbons (Fsp3) is 0. The third kappa shape index (κ3) is 6.29. The number of hydrogen-bond acceptors (Lipinski definition) is 5. The van der Waals surface area contributed by atoms with Gasteiger partial charge < -0.3 is 8.98 Å². The fourth-order valence-corrected chi connectivity index (χ4v) is 10.3. The van der Waals surface area contributed by atoms with Crippen molar-refractivity contribution in [2.75, 3.05) is 0 Å². The van der Waals surface area contributed by atoms with Gasteiger partial charge in [0.25, 0.3) is 0 Å². The van der Waals surface area contributed by atoms with Gasteiger partial charge in [-0.2, -0.15) is 9.97 Å². The minimum atomic E-state index is 0.478. The molecule has 0 N–H and O–H groups in total. The number of oxazole rings is 1. The molecule has 7 heteroatoms. The van der Waals surface area contributed by atoms with Crippen LogP contribution in [0.2, 0.25) is 0 Å². The molecule has 0 aliphatic rings. The number of hydrogen-bond donors (Lipinski definition) is 0. The maximum absolute atomic E-state index is 6.64. The lowest BCUT2D eigenvalue weighted by Crippen LogP contribution is -2.07. The van der Waals surface area contributed by atoms with Crippen molar-refractivity contribution in [1.29, 1.82) is 0 Å². The van der Waals surface area contributed by atoms with Crippen LogP contribution >= 0.6 is 0 Å². The van der Waals surface area contributed by atoms with E-state index in [-0.39, 0.29) is 0 Å². The molecule has 0 atom stereocenters. The highest BCUT2D eigenvalue weighted by molar-refractivity contribution is 6.23. The van der Waals surface area contributed by atoms with Crippen molar-refractivity contribution in [3.63, 3.8) is 0 Å². The fourth-order valence-electron chi connectivity index (χ4n) is 10.3. The number of benzene rings is 10. The molecule has 0 radical (unpaired) electrons.